The zero-order chi connectivity index (χ0) is 23.4. The predicted molar refractivity (Wildman–Crippen MR) is 127 cm³/mol. The van der Waals surface area contributed by atoms with Crippen molar-refractivity contribution in [1.29, 1.82) is 0 Å². The first-order chi connectivity index (χ1) is 15.9. The van der Waals surface area contributed by atoms with Gasteiger partial charge in [0.2, 0.25) is 11.7 Å². The normalized spacial score (nSPS) is 13.8. The van der Waals surface area contributed by atoms with E-state index in [9.17, 15) is 9.59 Å². The standard InChI is InChI=1S/C25H30N6O2/c1-17-8-11-20(12-9-17)25-27-29-31(28-25)16-24(33)30(22-13-10-18(2)14-19(22)3)15-23(32)26-21-6-4-5-7-21/h8-14,21H,4-7,15-16H2,1-3H3,(H,26,32). The minimum atomic E-state index is -0.267. The first-order valence-electron chi connectivity index (χ1n) is 11.4. The fourth-order valence-corrected chi connectivity index (χ4v) is 4.24. The summed E-state index contributed by atoms with van der Waals surface area (Å²) in [6.45, 7) is 5.81. The van der Waals surface area contributed by atoms with E-state index in [4.69, 9.17) is 0 Å². The van der Waals surface area contributed by atoms with Gasteiger partial charge in [-0.05, 0) is 50.5 Å². The Balaban J connectivity index is 1.52. The van der Waals surface area contributed by atoms with Crippen LogP contribution in [0.5, 0.6) is 0 Å². The molecule has 3 aromatic rings. The molecular weight excluding hydrogens is 416 g/mol. The monoisotopic (exact) mass is 446 g/mol. The highest BCUT2D eigenvalue weighted by Crippen LogP contribution is 2.23. The molecule has 0 radical (unpaired) electrons. The largest absolute Gasteiger partial charge is 0.352 e. The molecule has 1 aromatic heterocycles. The molecule has 172 valence electrons. The van der Waals surface area contributed by atoms with Gasteiger partial charge in [0.25, 0.3) is 5.91 Å². The van der Waals surface area contributed by atoms with Crippen LogP contribution in [0.2, 0.25) is 0 Å². The zero-order valence-corrected chi connectivity index (χ0v) is 19.4. The Hall–Kier alpha value is -3.55. The van der Waals surface area contributed by atoms with Crippen LogP contribution < -0.4 is 10.2 Å². The molecule has 1 heterocycles. The fraction of sp³-hybridized carbons (Fsp3) is 0.400. The summed E-state index contributed by atoms with van der Waals surface area (Å²) in [5.74, 6) is 0.0401. The molecule has 8 heteroatoms. The van der Waals surface area contributed by atoms with Crippen LogP contribution in [0.1, 0.15) is 42.4 Å². The molecule has 4 rings (SSSR count). The number of carbonyl (C=O) groups excluding carboxylic acids is 2. The molecule has 1 aliphatic carbocycles. The number of hydrogen-bond donors (Lipinski definition) is 1. The minimum absolute atomic E-state index is 0.0429. The summed E-state index contributed by atoms with van der Waals surface area (Å²) in [4.78, 5) is 28.9. The first-order valence-corrected chi connectivity index (χ1v) is 11.4. The molecule has 2 amide bonds. The maximum Gasteiger partial charge on any atom is 0.251 e. The molecule has 8 nitrogen and oxygen atoms in total. The Bertz CT molecular complexity index is 1130. The van der Waals surface area contributed by atoms with E-state index in [2.05, 4.69) is 20.7 Å². The lowest BCUT2D eigenvalue weighted by Crippen LogP contribution is -2.45. The van der Waals surface area contributed by atoms with Crippen LogP contribution >= 0.6 is 0 Å². The van der Waals surface area contributed by atoms with Crippen molar-refractivity contribution in [1.82, 2.24) is 25.5 Å². The average Bonchev–Trinajstić information content (AvgIpc) is 3.45. The Morgan fingerprint density at radius 3 is 2.42 bits per heavy atom. The third-order valence-electron chi connectivity index (χ3n) is 6.01. The highest BCUT2D eigenvalue weighted by molar-refractivity contribution is 5.99. The number of benzene rings is 2. The number of hydrogen-bond acceptors (Lipinski definition) is 5. The number of aromatic nitrogens is 4. The molecular formula is C25H30N6O2. The second-order valence-electron chi connectivity index (χ2n) is 8.83. The molecule has 2 aromatic carbocycles. The van der Waals surface area contributed by atoms with Gasteiger partial charge in [-0.2, -0.15) is 4.80 Å². The smallest absolute Gasteiger partial charge is 0.251 e. The summed E-state index contributed by atoms with van der Waals surface area (Å²) in [6.07, 6.45) is 4.25. The molecule has 1 saturated carbocycles. The number of anilines is 1. The van der Waals surface area contributed by atoms with Gasteiger partial charge in [0, 0.05) is 17.3 Å². The van der Waals surface area contributed by atoms with Gasteiger partial charge in [0.1, 0.15) is 13.1 Å². The van der Waals surface area contributed by atoms with E-state index in [0.29, 0.717) is 11.5 Å². The lowest BCUT2D eigenvalue weighted by Gasteiger charge is -2.25. The molecule has 33 heavy (non-hydrogen) atoms. The quantitative estimate of drug-likeness (QED) is 0.601. The van der Waals surface area contributed by atoms with Crippen LogP contribution in [0.25, 0.3) is 11.4 Å². The van der Waals surface area contributed by atoms with Crippen LogP contribution in [0, 0.1) is 20.8 Å². The molecule has 0 atom stereocenters. The Morgan fingerprint density at radius 1 is 1.03 bits per heavy atom. The number of carbonyl (C=O) groups is 2. The van der Waals surface area contributed by atoms with Gasteiger partial charge in [-0.15, -0.1) is 10.2 Å². The maximum atomic E-state index is 13.3. The summed E-state index contributed by atoms with van der Waals surface area (Å²) >= 11 is 0. The highest BCUT2D eigenvalue weighted by atomic mass is 16.2. The summed E-state index contributed by atoms with van der Waals surface area (Å²) < 4.78 is 0. The third-order valence-corrected chi connectivity index (χ3v) is 6.01. The van der Waals surface area contributed by atoms with Gasteiger partial charge in [-0.1, -0.05) is 60.4 Å². The van der Waals surface area contributed by atoms with Gasteiger partial charge in [0.15, 0.2) is 0 Å². The number of rotatable bonds is 7. The van der Waals surface area contributed by atoms with Crippen molar-refractivity contribution in [2.24, 2.45) is 0 Å². The van der Waals surface area contributed by atoms with E-state index < -0.39 is 0 Å². The molecule has 0 unspecified atom stereocenters. The lowest BCUT2D eigenvalue weighted by molar-refractivity contribution is -0.124. The minimum Gasteiger partial charge on any atom is -0.352 e. The van der Waals surface area contributed by atoms with Gasteiger partial charge >= 0.3 is 0 Å². The Kier molecular flexibility index (Phi) is 6.82. The summed E-state index contributed by atoms with van der Waals surface area (Å²) in [5.41, 5.74) is 4.72. The predicted octanol–water partition coefficient (Wildman–Crippen LogP) is 3.36. The molecule has 0 bridgehead atoms. The van der Waals surface area contributed by atoms with Crippen molar-refractivity contribution in [3.05, 3.63) is 59.2 Å². The van der Waals surface area contributed by atoms with Crippen molar-refractivity contribution >= 4 is 17.5 Å². The van der Waals surface area contributed by atoms with Crippen molar-refractivity contribution in [2.75, 3.05) is 11.4 Å². The zero-order valence-electron chi connectivity index (χ0n) is 19.4. The molecule has 0 aliphatic heterocycles. The SMILES string of the molecule is Cc1ccc(-c2nnn(CC(=O)N(CC(=O)NC3CCCC3)c3ccc(C)cc3C)n2)cc1. The second kappa shape index (κ2) is 9.94. The molecule has 0 saturated heterocycles. The van der Waals surface area contributed by atoms with Crippen molar-refractivity contribution in [3.8, 4) is 11.4 Å². The summed E-state index contributed by atoms with van der Waals surface area (Å²) in [7, 11) is 0. The first kappa shape index (κ1) is 22.6. The Morgan fingerprint density at radius 2 is 1.73 bits per heavy atom. The topological polar surface area (TPSA) is 93.0 Å². The van der Waals surface area contributed by atoms with Crippen molar-refractivity contribution in [3.63, 3.8) is 0 Å². The average molecular weight is 447 g/mol. The maximum absolute atomic E-state index is 13.3. The lowest BCUT2D eigenvalue weighted by atomic mass is 10.1. The van der Waals surface area contributed by atoms with Gasteiger partial charge in [0.05, 0.1) is 0 Å². The van der Waals surface area contributed by atoms with Crippen molar-refractivity contribution < 1.29 is 9.59 Å². The van der Waals surface area contributed by atoms with Gasteiger partial charge in [-0.25, -0.2) is 0 Å². The van der Waals surface area contributed by atoms with Crippen LogP contribution in [0.15, 0.2) is 42.5 Å². The number of tetrazole rings is 1. The Labute approximate surface area is 194 Å². The highest BCUT2D eigenvalue weighted by Gasteiger charge is 2.24. The number of nitrogens with zero attached hydrogens (tertiary/aromatic N) is 5. The third kappa shape index (κ3) is 5.63. The van der Waals surface area contributed by atoms with Crippen LogP contribution in [-0.4, -0.2) is 44.6 Å². The molecule has 0 spiro atoms. The van der Waals surface area contributed by atoms with E-state index in [1.54, 1.807) is 0 Å². The van der Waals surface area contributed by atoms with E-state index in [1.165, 1.54) is 9.70 Å². The second-order valence-corrected chi connectivity index (χ2v) is 8.83. The van der Waals surface area contributed by atoms with E-state index in [0.717, 1.165) is 47.9 Å². The van der Waals surface area contributed by atoms with Crippen LogP contribution in [-0.2, 0) is 16.1 Å². The van der Waals surface area contributed by atoms with Gasteiger partial charge < -0.3 is 10.2 Å². The van der Waals surface area contributed by atoms with Gasteiger partial charge in [-0.3, -0.25) is 9.59 Å². The van der Waals surface area contributed by atoms with E-state index in [1.807, 2.05) is 63.2 Å². The molecule has 1 fully saturated rings. The molecule has 1 N–H and O–H groups in total. The summed E-state index contributed by atoms with van der Waals surface area (Å²) in [5, 5.41) is 15.6. The van der Waals surface area contributed by atoms with E-state index >= 15 is 0 Å². The number of aryl methyl sites for hydroxylation is 3. The molecule has 1 aliphatic rings. The summed E-state index contributed by atoms with van der Waals surface area (Å²) in [6, 6.07) is 13.8. The van der Waals surface area contributed by atoms with E-state index in [-0.39, 0.29) is 30.9 Å². The van der Waals surface area contributed by atoms with Crippen LogP contribution in [0.3, 0.4) is 0 Å². The number of amides is 2. The number of nitrogens with one attached hydrogen (secondary N) is 1. The van der Waals surface area contributed by atoms with Crippen molar-refractivity contribution in [2.45, 2.75) is 59.0 Å². The van der Waals surface area contributed by atoms with Crippen LogP contribution in [0.4, 0.5) is 5.69 Å². The fourth-order valence-electron chi connectivity index (χ4n) is 4.24.